The maximum absolute atomic E-state index is 11.9. The van der Waals surface area contributed by atoms with Crippen LogP contribution in [0.5, 0.6) is 0 Å². The van der Waals surface area contributed by atoms with Gasteiger partial charge in [0, 0.05) is 19.4 Å². The largest absolute Gasteiger partial charge is 0.370 e. The van der Waals surface area contributed by atoms with E-state index in [2.05, 4.69) is 0 Å². The van der Waals surface area contributed by atoms with E-state index in [0.29, 0.717) is 19.4 Å². The van der Waals surface area contributed by atoms with Gasteiger partial charge in [0.2, 0.25) is 17.7 Å². The number of nitrogens with two attached hydrogens (primary N) is 1. The number of rotatable bonds is 8. The highest BCUT2D eigenvalue weighted by Gasteiger charge is 2.37. The van der Waals surface area contributed by atoms with Gasteiger partial charge in [-0.2, -0.15) is 0 Å². The van der Waals surface area contributed by atoms with Crippen LogP contribution in [0.1, 0.15) is 39.0 Å². The Morgan fingerprint density at radius 1 is 1.39 bits per heavy atom. The molecular weight excluding hydrogens is 252 g/mol. The van der Waals surface area contributed by atoms with Gasteiger partial charge in [-0.1, -0.05) is 13.3 Å². The molecule has 0 spiro atoms. The maximum atomic E-state index is 11.9. The van der Waals surface area contributed by atoms with E-state index in [4.69, 9.17) is 5.73 Å². The second-order valence-electron chi connectivity index (χ2n) is 4.31. The normalized spacial score (nSPS) is 19.6. The number of likely N-dealkylation sites (tertiary alicyclic amines) is 1. The van der Waals surface area contributed by atoms with Gasteiger partial charge in [0.25, 0.3) is 0 Å². The van der Waals surface area contributed by atoms with Crippen molar-refractivity contribution in [2.45, 2.75) is 44.3 Å². The summed E-state index contributed by atoms with van der Waals surface area (Å²) >= 11 is 1.53. The Kier molecular flexibility index (Phi) is 6.18. The van der Waals surface area contributed by atoms with Crippen molar-refractivity contribution in [3.63, 3.8) is 0 Å². The number of hydrogen-bond acceptors (Lipinski definition) is 4. The molecule has 0 radical (unpaired) electrons. The van der Waals surface area contributed by atoms with Crippen LogP contribution >= 0.6 is 11.8 Å². The highest BCUT2D eigenvalue weighted by Crippen LogP contribution is 2.25. The van der Waals surface area contributed by atoms with Gasteiger partial charge in [0.05, 0.1) is 5.25 Å². The van der Waals surface area contributed by atoms with E-state index in [1.54, 1.807) is 0 Å². The third-order valence-corrected chi connectivity index (χ3v) is 3.98. The van der Waals surface area contributed by atoms with Crippen LogP contribution in [0, 0.1) is 0 Å². The molecule has 1 aliphatic rings. The number of primary amides is 1. The second kappa shape index (κ2) is 7.41. The smallest absolute Gasteiger partial charge is 0.242 e. The first-order chi connectivity index (χ1) is 8.56. The van der Waals surface area contributed by atoms with Crippen molar-refractivity contribution in [1.29, 1.82) is 0 Å². The minimum Gasteiger partial charge on any atom is -0.370 e. The van der Waals surface area contributed by atoms with E-state index in [-0.39, 0.29) is 23.0 Å². The molecule has 1 atom stereocenters. The summed E-state index contributed by atoms with van der Waals surface area (Å²) in [6, 6.07) is 0. The summed E-state index contributed by atoms with van der Waals surface area (Å²) in [7, 11) is 0. The molecule has 1 rings (SSSR count). The molecule has 1 aliphatic heterocycles. The number of carbonyl (C=O) groups is 3. The van der Waals surface area contributed by atoms with Crippen molar-refractivity contribution in [1.82, 2.24) is 4.90 Å². The molecule has 0 aromatic rings. The average Bonchev–Trinajstić information content (AvgIpc) is 2.56. The molecule has 0 saturated carbocycles. The number of thioether (sulfide) groups is 1. The van der Waals surface area contributed by atoms with Gasteiger partial charge in [-0.15, -0.1) is 11.8 Å². The monoisotopic (exact) mass is 272 g/mol. The number of unbranched alkanes of at least 4 members (excludes halogenated alkanes) is 2. The topological polar surface area (TPSA) is 80.5 Å². The van der Waals surface area contributed by atoms with E-state index in [9.17, 15) is 14.4 Å². The Labute approximate surface area is 111 Å². The molecule has 0 aromatic heterocycles. The molecule has 1 heterocycles. The summed E-state index contributed by atoms with van der Waals surface area (Å²) in [5.74, 6) is 0.418. The molecule has 3 amide bonds. The van der Waals surface area contributed by atoms with Gasteiger partial charge >= 0.3 is 0 Å². The molecule has 6 heteroatoms. The van der Waals surface area contributed by atoms with E-state index < -0.39 is 0 Å². The highest BCUT2D eigenvalue weighted by molar-refractivity contribution is 8.00. The Morgan fingerprint density at radius 3 is 2.72 bits per heavy atom. The Morgan fingerprint density at radius 2 is 2.11 bits per heavy atom. The Bertz CT molecular complexity index is 333. The molecule has 0 bridgehead atoms. The molecule has 2 N–H and O–H groups in total. The zero-order valence-corrected chi connectivity index (χ0v) is 11.5. The zero-order chi connectivity index (χ0) is 13.5. The minimum atomic E-state index is -0.303. The van der Waals surface area contributed by atoms with E-state index >= 15 is 0 Å². The lowest BCUT2D eigenvalue weighted by molar-refractivity contribution is -0.138. The second-order valence-corrected chi connectivity index (χ2v) is 5.79. The van der Waals surface area contributed by atoms with Crippen molar-refractivity contribution in [3.8, 4) is 0 Å². The third kappa shape index (κ3) is 4.33. The predicted octanol–water partition coefficient (Wildman–Crippen LogP) is 0.913. The molecule has 1 fully saturated rings. The summed E-state index contributed by atoms with van der Waals surface area (Å²) < 4.78 is 0. The summed E-state index contributed by atoms with van der Waals surface area (Å²) in [5, 5.41) is -0.187. The fraction of sp³-hybridized carbons (Fsp3) is 0.750. The molecule has 0 aliphatic carbocycles. The third-order valence-electron chi connectivity index (χ3n) is 2.88. The van der Waals surface area contributed by atoms with Gasteiger partial charge in [-0.25, -0.2) is 0 Å². The van der Waals surface area contributed by atoms with Crippen LogP contribution in [0.4, 0.5) is 0 Å². The summed E-state index contributed by atoms with van der Waals surface area (Å²) in [4.78, 5) is 35.4. The van der Waals surface area contributed by atoms with Gasteiger partial charge in [-0.05, 0) is 18.6 Å². The Hall–Kier alpha value is -1.04. The van der Waals surface area contributed by atoms with Crippen molar-refractivity contribution in [2.24, 2.45) is 5.73 Å². The molecular formula is C12H20N2O3S. The Balaban J connectivity index is 2.27. The zero-order valence-electron chi connectivity index (χ0n) is 10.7. The van der Waals surface area contributed by atoms with Crippen molar-refractivity contribution in [3.05, 3.63) is 0 Å². The molecule has 1 unspecified atom stereocenters. The van der Waals surface area contributed by atoms with Crippen LogP contribution in [0.3, 0.4) is 0 Å². The average molecular weight is 272 g/mol. The lowest BCUT2D eigenvalue weighted by Gasteiger charge is -2.14. The van der Waals surface area contributed by atoms with E-state index in [1.807, 2.05) is 6.92 Å². The molecule has 18 heavy (non-hydrogen) atoms. The van der Waals surface area contributed by atoms with Crippen LogP contribution in [0.2, 0.25) is 0 Å². The predicted molar refractivity (Wildman–Crippen MR) is 70.9 cm³/mol. The van der Waals surface area contributed by atoms with Crippen LogP contribution in [-0.2, 0) is 14.4 Å². The van der Waals surface area contributed by atoms with Crippen LogP contribution < -0.4 is 5.73 Å². The van der Waals surface area contributed by atoms with Gasteiger partial charge in [0.15, 0.2) is 0 Å². The number of nitrogens with zero attached hydrogens (tertiary/aromatic N) is 1. The first kappa shape index (κ1) is 15.0. The molecule has 5 nitrogen and oxygen atoms in total. The number of hydrogen-bond donors (Lipinski definition) is 1. The van der Waals surface area contributed by atoms with E-state index in [1.165, 1.54) is 16.7 Å². The first-order valence-corrected chi connectivity index (χ1v) is 7.35. The first-order valence-electron chi connectivity index (χ1n) is 6.30. The number of carbonyl (C=O) groups excluding carboxylic acids is 3. The van der Waals surface area contributed by atoms with Gasteiger partial charge in [0.1, 0.15) is 0 Å². The van der Waals surface area contributed by atoms with Gasteiger partial charge < -0.3 is 5.73 Å². The molecule has 0 aromatic carbocycles. The van der Waals surface area contributed by atoms with Crippen molar-refractivity contribution in [2.75, 3.05) is 12.3 Å². The van der Waals surface area contributed by atoms with Crippen LogP contribution in [0.15, 0.2) is 0 Å². The van der Waals surface area contributed by atoms with Crippen LogP contribution in [-0.4, -0.2) is 40.2 Å². The number of amides is 3. The molecule has 1 saturated heterocycles. The summed E-state index contributed by atoms with van der Waals surface area (Å²) in [6.07, 6.45) is 2.98. The fourth-order valence-corrected chi connectivity index (χ4v) is 2.90. The quantitative estimate of drug-likeness (QED) is 0.526. The highest BCUT2D eigenvalue weighted by atomic mass is 32.2. The maximum Gasteiger partial charge on any atom is 0.242 e. The van der Waals surface area contributed by atoms with Crippen LogP contribution in [0.25, 0.3) is 0 Å². The summed E-state index contributed by atoms with van der Waals surface area (Å²) in [5.41, 5.74) is 5.03. The van der Waals surface area contributed by atoms with Crippen molar-refractivity contribution < 1.29 is 14.4 Å². The summed E-state index contributed by atoms with van der Waals surface area (Å²) in [6.45, 7) is 2.45. The number of imide groups is 1. The lowest BCUT2D eigenvalue weighted by Crippen LogP contribution is -2.32. The SMILES string of the molecule is CCSC1CC(=O)N(CCCCCC(N)=O)C1=O. The molecule has 102 valence electrons. The minimum absolute atomic E-state index is 0.0539. The standard InChI is InChI=1S/C12H20N2O3S/c1-2-18-9-8-11(16)14(12(9)17)7-5-3-4-6-10(13)15/h9H,2-8H2,1H3,(H2,13,15). The lowest BCUT2D eigenvalue weighted by atomic mass is 10.2. The fourth-order valence-electron chi connectivity index (χ4n) is 1.97. The van der Waals surface area contributed by atoms with Crippen molar-refractivity contribution >= 4 is 29.5 Å². The van der Waals surface area contributed by atoms with E-state index in [0.717, 1.165) is 25.0 Å². The van der Waals surface area contributed by atoms with Gasteiger partial charge in [-0.3, -0.25) is 19.3 Å².